The van der Waals surface area contributed by atoms with Crippen molar-refractivity contribution in [3.63, 3.8) is 0 Å². The van der Waals surface area contributed by atoms with Gasteiger partial charge in [-0.15, -0.1) is 0 Å². The number of Topliss-reactive ketones (excluding diaryl/α,β-unsaturated/α-hetero) is 1. The number of carbonyl (C=O) groups excluding carboxylic acids is 3. The highest BCUT2D eigenvalue weighted by atomic mass is 16.3. The quantitative estimate of drug-likeness (QED) is 0.495. The average Bonchev–Trinajstić information content (AvgIpc) is 2.86. The first-order valence-corrected chi connectivity index (χ1v) is 14.3. The smallest absolute Gasteiger partial charge is 0.225 e. The van der Waals surface area contributed by atoms with E-state index in [1.54, 1.807) is 13.0 Å². The van der Waals surface area contributed by atoms with Crippen molar-refractivity contribution in [3.8, 4) is 0 Å². The minimum atomic E-state index is -1.18. The summed E-state index contributed by atoms with van der Waals surface area (Å²) in [5.74, 6) is -0.400. The molecule has 5 rings (SSSR count). The molecule has 0 spiro atoms. The number of aliphatic hydroxyl groups excluding tert-OH is 1. The number of hydrogen-bond acceptors (Lipinski definition) is 4. The first-order valence-electron chi connectivity index (χ1n) is 14.3. The number of ketones is 2. The van der Waals surface area contributed by atoms with Gasteiger partial charge in [-0.1, -0.05) is 52.3 Å². The molecular weight excluding hydrogens is 462 g/mol. The lowest BCUT2D eigenvalue weighted by Gasteiger charge is -2.70. The summed E-state index contributed by atoms with van der Waals surface area (Å²) < 4.78 is 0. The molecule has 5 nitrogen and oxygen atoms in total. The fourth-order valence-corrected chi connectivity index (χ4v) is 9.43. The number of hydrogen-bond donors (Lipinski definition) is 2. The zero-order chi connectivity index (χ0) is 27.2. The third kappa shape index (κ3) is 3.22. The van der Waals surface area contributed by atoms with E-state index in [2.05, 4.69) is 46.0 Å². The number of fused-ring (bicyclic) bond motifs is 7. The van der Waals surface area contributed by atoms with Gasteiger partial charge in [0.05, 0.1) is 12.0 Å². The van der Waals surface area contributed by atoms with Crippen molar-refractivity contribution >= 4 is 17.5 Å². The lowest BCUT2D eigenvalue weighted by molar-refractivity contribution is -0.169. The molecule has 0 aromatic heterocycles. The lowest BCUT2D eigenvalue weighted by Crippen LogP contribution is -2.63. The fourth-order valence-electron chi connectivity index (χ4n) is 9.43. The first kappa shape index (κ1) is 26.6. The van der Waals surface area contributed by atoms with Gasteiger partial charge in [-0.05, 0) is 98.2 Å². The highest BCUT2D eigenvalue weighted by molar-refractivity contribution is 6.45. The van der Waals surface area contributed by atoms with Crippen LogP contribution in [0.4, 0.5) is 0 Å². The molecule has 0 saturated heterocycles. The number of nitrogens with one attached hydrogen (secondary N) is 1. The molecular formula is C32H45NO4. The summed E-state index contributed by atoms with van der Waals surface area (Å²) in [7, 11) is 0. The Hall–Kier alpha value is -2.01. The second-order valence-electron chi connectivity index (χ2n) is 14.3. The van der Waals surface area contributed by atoms with Gasteiger partial charge in [0.25, 0.3) is 0 Å². The summed E-state index contributed by atoms with van der Waals surface area (Å²) in [6, 6.07) is 0. The van der Waals surface area contributed by atoms with Crippen molar-refractivity contribution in [3.05, 3.63) is 34.9 Å². The molecule has 3 fully saturated rings. The van der Waals surface area contributed by atoms with Crippen LogP contribution in [0.2, 0.25) is 0 Å². The van der Waals surface area contributed by atoms with Crippen LogP contribution >= 0.6 is 0 Å². The number of carbonyl (C=O) groups is 3. The molecule has 2 N–H and O–H groups in total. The van der Waals surface area contributed by atoms with Crippen molar-refractivity contribution < 1.29 is 19.5 Å². The molecule has 0 aliphatic heterocycles. The van der Waals surface area contributed by atoms with Crippen LogP contribution in [-0.4, -0.2) is 35.7 Å². The molecule has 5 heteroatoms. The van der Waals surface area contributed by atoms with Crippen LogP contribution < -0.4 is 5.32 Å². The van der Waals surface area contributed by atoms with E-state index in [4.69, 9.17) is 0 Å². The molecule has 37 heavy (non-hydrogen) atoms. The Bertz CT molecular complexity index is 1180. The predicted octanol–water partition coefficient (Wildman–Crippen LogP) is 5.48. The zero-order valence-corrected chi connectivity index (χ0v) is 23.8. The van der Waals surface area contributed by atoms with E-state index in [-0.39, 0.29) is 39.6 Å². The SMILES string of the molecule is CCNC(=O)[C@]1(C)CC[C@]2(C)CC[C@]3(C)C4=CC=C5C(=CC(=O)C(=O)[C@@]5(C)CO)[C@]4(C)CC[C@@]3(C)[C@@H]2C1. The normalized spacial score (nSPS) is 46.9. The van der Waals surface area contributed by atoms with Gasteiger partial charge in [0.1, 0.15) is 0 Å². The Kier molecular flexibility index (Phi) is 5.75. The van der Waals surface area contributed by atoms with Gasteiger partial charge in [-0.2, -0.15) is 0 Å². The average molecular weight is 508 g/mol. The van der Waals surface area contributed by atoms with Crippen LogP contribution in [0.5, 0.6) is 0 Å². The number of aliphatic hydroxyl groups is 1. The highest BCUT2D eigenvalue weighted by Crippen LogP contribution is 2.75. The molecule has 0 bridgehead atoms. The third-order valence-electron chi connectivity index (χ3n) is 12.4. The molecule has 3 saturated carbocycles. The van der Waals surface area contributed by atoms with Crippen LogP contribution in [0.15, 0.2) is 34.9 Å². The zero-order valence-electron chi connectivity index (χ0n) is 23.8. The van der Waals surface area contributed by atoms with Gasteiger partial charge in [0.2, 0.25) is 17.5 Å². The largest absolute Gasteiger partial charge is 0.395 e. The maximum absolute atomic E-state index is 13.2. The monoisotopic (exact) mass is 507 g/mol. The summed E-state index contributed by atoms with van der Waals surface area (Å²) in [6.07, 6.45) is 12.9. The molecule has 7 atom stereocenters. The topological polar surface area (TPSA) is 83.5 Å². The summed E-state index contributed by atoms with van der Waals surface area (Å²) in [4.78, 5) is 38.9. The van der Waals surface area contributed by atoms with Crippen LogP contribution in [0, 0.1) is 38.4 Å². The molecule has 1 amide bonds. The van der Waals surface area contributed by atoms with Gasteiger partial charge < -0.3 is 10.4 Å². The van der Waals surface area contributed by atoms with Gasteiger partial charge in [0.15, 0.2) is 0 Å². The summed E-state index contributed by atoms with van der Waals surface area (Å²) in [6.45, 7) is 15.8. The van der Waals surface area contributed by atoms with Crippen LogP contribution in [0.25, 0.3) is 0 Å². The Morgan fingerprint density at radius 1 is 0.946 bits per heavy atom. The van der Waals surface area contributed by atoms with Crippen LogP contribution in [0.1, 0.15) is 93.4 Å². The number of amides is 1. The van der Waals surface area contributed by atoms with E-state index < -0.39 is 17.0 Å². The summed E-state index contributed by atoms with van der Waals surface area (Å²) in [5, 5.41) is 13.3. The first-order chi connectivity index (χ1) is 17.2. The van der Waals surface area contributed by atoms with Gasteiger partial charge in [0, 0.05) is 17.4 Å². The van der Waals surface area contributed by atoms with E-state index in [9.17, 15) is 19.5 Å². The Balaban J connectivity index is 1.62. The van der Waals surface area contributed by atoms with Crippen molar-refractivity contribution in [1.29, 1.82) is 0 Å². The van der Waals surface area contributed by atoms with Crippen molar-refractivity contribution in [2.75, 3.05) is 13.2 Å². The van der Waals surface area contributed by atoms with E-state index in [1.807, 2.05) is 13.0 Å². The molecule has 0 aromatic carbocycles. The molecule has 202 valence electrons. The summed E-state index contributed by atoms with van der Waals surface area (Å²) >= 11 is 0. The Morgan fingerprint density at radius 2 is 1.62 bits per heavy atom. The van der Waals surface area contributed by atoms with Crippen molar-refractivity contribution in [2.24, 2.45) is 38.4 Å². The van der Waals surface area contributed by atoms with E-state index >= 15 is 0 Å². The van der Waals surface area contributed by atoms with Crippen molar-refractivity contribution in [2.45, 2.75) is 93.4 Å². The summed E-state index contributed by atoms with van der Waals surface area (Å²) in [5.41, 5.74) is 1.35. The fraction of sp³-hybridized carbons (Fsp3) is 0.719. The molecule has 0 unspecified atom stereocenters. The maximum Gasteiger partial charge on any atom is 0.225 e. The Morgan fingerprint density at radius 3 is 2.27 bits per heavy atom. The molecule has 0 aromatic rings. The van der Waals surface area contributed by atoms with Gasteiger partial charge in [-0.25, -0.2) is 0 Å². The predicted molar refractivity (Wildman–Crippen MR) is 144 cm³/mol. The van der Waals surface area contributed by atoms with Crippen LogP contribution in [-0.2, 0) is 14.4 Å². The van der Waals surface area contributed by atoms with Gasteiger partial charge >= 0.3 is 0 Å². The maximum atomic E-state index is 13.2. The highest BCUT2D eigenvalue weighted by Gasteiger charge is 2.67. The van der Waals surface area contributed by atoms with Crippen LogP contribution in [0.3, 0.4) is 0 Å². The lowest BCUT2D eigenvalue weighted by atomic mass is 9.34. The molecule has 5 aliphatic rings. The second kappa shape index (κ2) is 8.00. The number of rotatable bonds is 3. The minimum absolute atomic E-state index is 0.0141. The standard InChI is InChI=1S/C32H45NO4/c1-8-33-26(37)28(3)12-11-27(2)13-15-31(6)23-10-9-20-21(17-22(35)25(36)30(20,5)19-34)29(23,4)14-16-32(31,7)24(27)18-28/h9-10,17,24,34H,8,11-16,18-19H2,1-7H3,(H,33,37)/t24-,27-,28-,29+,30+,31-,32+/m1/s1. The second-order valence-corrected chi connectivity index (χ2v) is 14.3. The molecule has 0 heterocycles. The van der Waals surface area contributed by atoms with E-state index in [0.29, 0.717) is 12.5 Å². The molecule has 5 aliphatic carbocycles. The molecule has 0 radical (unpaired) electrons. The number of allylic oxidation sites excluding steroid dienone is 5. The van der Waals surface area contributed by atoms with E-state index in [1.165, 1.54) is 5.57 Å². The Labute approximate surface area is 222 Å². The van der Waals surface area contributed by atoms with Gasteiger partial charge in [-0.3, -0.25) is 14.4 Å². The van der Waals surface area contributed by atoms with Crippen molar-refractivity contribution in [1.82, 2.24) is 5.32 Å². The minimum Gasteiger partial charge on any atom is -0.395 e. The third-order valence-corrected chi connectivity index (χ3v) is 12.4. The van der Waals surface area contributed by atoms with E-state index in [0.717, 1.165) is 56.1 Å².